The van der Waals surface area contributed by atoms with Crippen molar-refractivity contribution < 1.29 is 22.8 Å². The molecule has 0 saturated carbocycles. The molecular formula is C17H21N3O5S. The number of hydrogen-bond donors (Lipinski definition) is 1. The van der Waals surface area contributed by atoms with Gasteiger partial charge in [0.05, 0.1) is 11.4 Å². The SMILES string of the molecule is CC(=O)N1CCc2ccc(NS(=O)(=O)CCN3C(=O)CCCC3=O)cc21. The highest BCUT2D eigenvalue weighted by atomic mass is 32.2. The fourth-order valence-corrected chi connectivity index (χ4v) is 4.27. The van der Waals surface area contributed by atoms with E-state index in [2.05, 4.69) is 4.72 Å². The summed E-state index contributed by atoms with van der Waals surface area (Å²) in [5, 5.41) is 0. The number of nitrogens with one attached hydrogen (secondary N) is 1. The maximum Gasteiger partial charge on any atom is 0.234 e. The van der Waals surface area contributed by atoms with Crippen molar-refractivity contribution in [3.8, 4) is 0 Å². The molecule has 0 radical (unpaired) electrons. The van der Waals surface area contributed by atoms with E-state index in [1.807, 2.05) is 0 Å². The van der Waals surface area contributed by atoms with Gasteiger partial charge in [-0.25, -0.2) is 8.42 Å². The highest BCUT2D eigenvalue weighted by Gasteiger charge is 2.27. The van der Waals surface area contributed by atoms with Gasteiger partial charge in [0.1, 0.15) is 0 Å². The Morgan fingerprint density at radius 1 is 1.15 bits per heavy atom. The monoisotopic (exact) mass is 379 g/mol. The topological polar surface area (TPSA) is 104 Å². The maximum atomic E-state index is 12.3. The van der Waals surface area contributed by atoms with Gasteiger partial charge in [-0.1, -0.05) is 6.07 Å². The molecule has 0 aliphatic carbocycles. The van der Waals surface area contributed by atoms with Crippen molar-refractivity contribution in [1.82, 2.24) is 4.90 Å². The van der Waals surface area contributed by atoms with Crippen molar-refractivity contribution in [3.63, 3.8) is 0 Å². The quantitative estimate of drug-likeness (QED) is 0.765. The highest BCUT2D eigenvalue weighted by Crippen LogP contribution is 2.31. The number of sulfonamides is 1. The Bertz CT molecular complexity index is 849. The van der Waals surface area contributed by atoms with Gasteiger partial charge in [0.15, 0.2) is 0 Å². The van der Waals surface area contributed by atoms with Crippen molar-refractivity contribution in [2.75, 3.05) is 28.5 Å². The van der Waals surface area contributed by atoms with E-state index < -0.39 is 10.0 Å². The van der Waals surface area contributed by atoms with Gasteiger partial charge in [0, 0.05) is 38.5 Å². The van der Waals surface area contributed by atoms with E-state index in [1.165, 1.54) is 6.92 Å². The van der Waals surface area contributed by atoms with Gasteiger partial charge < -0.3 is 4.90 Å². The Morgan fingerprint density at radius 2 is 1.85 bits per heavy atom. The van der Waals surface area contributed by atoms with Crippen LogP contribution in [0.2, 0.25) is 0 Å². The van der Waals surface area contributed by atoms with Crippen molar-refractivity contribution >= 4 is 39.1 Å². The minimum absolute atomic E-state index is 0.0918. The molecule has 1 fully saturated rings. The summed E-state index contributed by atoms with van der Waals surface area (Å²) in [6.07, 6.45) is 1.79. The molecule has 1 N–H and O–H groups in total. The Hall–Kier alpha value is -2.42. The van der Waals surface area contributed by atoms with E-state index in [1.54, 1.807) is 23.1 Å². The number of anilines is 2. The summed E-state index contributed by atoms with van der Waals surface area (Å²) in [5.74, 6) is -1.11. The maximum absolute atomic E-state index is 12.3. The van der Waals surface area contributed by atoms with Crippen LogP contribution in [-0.2, 0) is 30.8 Å². The molecule has 0 aromatic heterocycles. The predicted molar refractivity (Wildman–Crippen MR) is 96.2 cm³/mol. The molecule has 26 heavy (non-hydrogen) atoms. The van der Waals surface area contributed by atoms with E-state index in [0.717, 1.165) is 16.9 Å². The van der Waals surface area contributed by atoms with Crippen LogP contribution in [0, 0.1) is 0 Å². The fourth-order valence-electron chi connectivity index (χ4n) is 3.26. The molecule has 140 valence electrons. The third-order valence-corrected chi connectivity index (χ3v) is 5.87. The number of rotatable bonds is 5. The van der Waals surface area contributed by atoms with Crippen LogP contribution in [0.4, 0.5) is 11.4 Å². The van der Waals surface area contributed by atoms with Crippen molar-refractivity contribution in [2.45, 2.75) is 32.6 Å². The largest absolute Gasteiger partial charge is 0.312 e. The number of piperidine rings is 1. The van der Waals surface area contributed by atoms with E-state index in [4.69, 9.17) is 0 Å². The van der Waals surface area contributed by atoms with Crippen LogP contribution in [0.15, 0.2) is 18.2 Å². The Labute approximate surface area is 152 Å². The second-order valence-corrected chi connectivity index (χ2v) is 8.32. The Balaban J connectivity index is 1.68. The molecule has 0 unspecified atom stereocenters. The predicted octanol–water partition coefficient (Wildman–Crippen LogP) is 0.876. The standard InChI is InChI=1S/C17H21N3O5S/c1-12(21)19-8-7-13-5-6-14(11-15(13)19)18-26(24,25)10-9-20-16(22)3-2-4-17(20)23/h5-6,11,18H,2-4,7-10H2,1H3. The zero-order valence-electron chi connectivity index (χ0n) is 14.5. The number of carbonyl (C=O) groups is 3. The van der Waals surface area contributed by atoms with Gasteiger partial charge in [-0.15, -0.1) is 0 Å². The molecule has 0 bridgehead atoms. The molecule has 1 saturated heterocycles. The lowest BCUT2D eigenvalue weighted by molar-refractivity contribution is -0.147. The van der Waals surface area contributed by atoms with Crippen molar-refractivity contribution in [1.29, 1.82) is 0 Å². The van der Waals surface area contributed by atoms with Gasteiger partial charge in [-0.2, -0.15) is 0 Å². The molecule has 0 spiro atoms. The van der Waals surface area contributed by atoms with Crippen molar-refractivity contribution in [3.05, 3.63) is 23.8 Å². The number of imide groups is 1. The van der Waals surface area contributed by atoms with Gasteiger partial charge in [-0.05, 0) is 30.5 Å². The summed E-state index contributed by atoms with van der Waals surface area (Å²) in [4.78, 5) is 37.8. The third-order valence-electron chi connectivity index (χ3n) is 4.60. The van der Waals surface area contributed by atoms with Crippen LogP contribution >= 0.6 is 0 Å². The van der Waals surface area contributed by atoms with Crippen LogP contribution in [0.3, 0.4) is 0 Å². The lowest BCUT2D eigenvalue weighted by Gasteiger charge is -2.24. The molecule has 2 aliphatic rings. The summed E-state index contributed by atoms with van der Waals surface area (Å²) in [6, 6.07) is 5.09. The molecule has 0 atom stereocenters. The normalized spacial score (nSPS) is 17.4. The van der Waals surface area contributed by atoms with Gasteiger partial charge in [-0.3, -0.25) is 24.0 Å². The lowest BCUT2D eigenvalue weighted by Crippen LogP contribution is -2.43. The first-order valence-corrected chi connectivity index (χ1v) is 10.2. The lowest BCUT2D eigenvalue weighted by atomic mass is 10.1. The number of amides is 3. The third kappa shape index (κ3) is 3.87. The number of benzene rings is 1. The molecule has 8 nitrogen and oxygen atoms in total. The average Bonchev–Trinajstić information content (AvgIpc) is 2.97. The number of likely N-dealkylation sites (tertiary alicyclic amines) is 1. The second kappa shape index (κ2) is 7.06. The summed E-state index contributed by atoms with van der Waals surface area (Å²) >= 11 is 0. The van der Waals surface area contributed by atoms with Crippen LogP contribution in [0.5, 0.6) is 0 Å². The van der Waals surface area contributed by atoms with E-state index >= 15 is 0 Å². The molecule has 2 aliphatic heterocycles. The summed E-state index contributed by atoms with van der Waals surface area (Å²) in [7, 11) is -3.74. The zero-order chi connectivity index (χ0) is 18.9. The van der Waals surface area contributed by atoms with Crippen LogP contribution in [0.25, 0.3) is 0 Å². The molecule has 9 heteroatoms. The number of fused-ring (bicyclic) bond motifs is 1. The molecule has 3 rings (SSSR count). The van der Waals surface area contributed by atoms with E-state index in [0.29, 0.717) is 24.3 Å². The van der Waals surface area contributed by atoms with Gasteiger partial charge >= 0.3 is 0 Å². The first-order valence-electron chi connectivity index (χ1n) is 8.51. The number of carbonyl (C=O) groups excluding carboxylic acids is 3. The smallest absolute Gasteiger partial charge is 0.234 e. The molecule has 2 heterocycles. The average molecular weight is 379 g/mol. The summed E-state index contributed by atoms with van der Waals surface area (Å²) < 4.78 is 27.1. The second-order valence-electron chi connectivity index (χ2n) is 6.48. The fraction of sp³-hybridized carbons (Fsp3) is 0.471. The molecular weight excluding hydrogens is 358 g/mol. The number of nitrogens with zero attached hydrogens (tertiary/aromatic N) is 2. The number of hydrogen-bond acceptors (Lipinski definition) is 5. The zero-order valence-corrected chi connectivity index (χ0v) is 15.3. The Kier molecular flexibility index (Phi) is 4.99. The van der Waals surface area contributed by atoms with Gasteiger partial charge in [0.2, 0.25) is 27.7 Å². The molecule has 3 amide bonds. The first-order chi connectivity index (χ1) is 12.3. The van der Waals surface area contributed by atoms with Crippen LogP contribution < -0.4 is 9.62 Å². The highest BCUT2D eigenvalue weighted by molar-refractivity contribution is 7.92. The van der Waals surface area contributed by atoms with Gasteiger partial charge in [0.25, 0.3) is 0 Å². The Morgan fingerprint density at radius 3 is 2.50 bits per heavy atom. The van der Waals surface area contributed by atoms with E-state index in [-0.39, 0.29) is 42.9 Å². The van der Waals surface area contributed by atoms with Crippen LogP contribution in [-0.4, -0.2) is 49.9 Å². The minimum Gasteiger partial charge on any atom is -0.312 e. The first kappa shape index (κ1) is 18.4. The van der Waals surface area contributed by atoms with Crippen molar-refractivity contribution in [2.24, 2.45) is 0 Å². The summed E-state index contributed by atoms with van der Waals surface area (Å²) in [5.41, 5.74) is 2.06. The molecule has 1 aromatic carbocycles. The minimum atomic E-state index is -3.74. The summed E-state index contributed by atoms with van der Waals surface area (Å²) in [6.45, 7) is 1.90. The van der Waals surface area contributed by atoms with Crippen LogP contribution in [0.1, 0.15) is 31.7 Å². The molecule has 1 aromatic rings. The van der Waals surface area contributed by atoms with E-state index in [9.17, 15) is 22.8 Å².